The molecule has 3 aliphatic rings. The van der Waals surface area contributed by atoms with Crippen molar-refractivity contribution in [2.24, 2.45) is 4.99 Å². The molecule has 0 atom stereocenters. The lowest BCUT2D eigenvalue weighted by atomic mass is 10.1. The van der Waals surface area contributed by atoms with Gasteiger partial charge in [0.15, 0.2) is 12.0 Å². The number of rotatable bonds is 4. The van der Waals surface area contributed by atoms with Crippen LogP contribution in [0, 0.1) is 13.8 Å². The average molecular weight is 346 g/mol. The monoisotopic (exact) mass is 346 g/mol. The number of anilines is 2. The highest BCUT2D eigenvalue weighted by atomic mass is 15.4. The van der Waals surface area contributed by atoms with Crippen LogP contribution in [0.15, 0.2) is 53.7 Å². The van der Waals surface area contributed by atoms with Crippen LogP contribution in [-0.4, -0.2) is 22.6 Å². The zero-order chi connectivity index (χ0) is 17.7. The maximum Gasteiger partial charge on any atom is 0.284 e. The molecule has 0 spiro atoms. The van der Waals surface area contributed by atoms with Crippen molar-refractivity contribution in [1.29, 1.82) is 0 Å². The van der Waals surface area contributed by atoms with Crippen LogP contribution in [-0.2, 0) is 0 Å². The maximum atomic E-state index is 4.54. The molecule has 1 aromatic carbocycles. The van der Waals surface area contributed by atoms with Gasteiger partial charge in [0.2, 0.25) is 0 Å². The summed E-state index contributed by atoms with van der Waals surface area (Å²) < 4.78 is 0. The number of benzene rings is 1. The van der Waals surface area contributed by atoms with E-state index >= 15 is 0 Å². The van der Waals surface area contributed by atoms with E-state index in [-0.39, 0.29) is 0 Å². The Morgan fingerprint density at radius 2 is 2.04 bits per heavy atom. The maximum absolute atomic E-state index is 4.54. The van der Waals surface area contributed by atoms with Crippen LogP contribution >= 0.6 is 0 Å². The third kappa shape index (κ3) is 2.63. The van der Waals surface area contributed by atoms with E-state index in [0.717, 1.165) is 24.0 Å². The van der Waals surface area contributed by atoms with Gasteiger partial charge in [-0.05, 0) is 42.7 Å². The molecular weight excluding hydrogens is 324 g/mol. The second-order valence-corrected chi connectivity index (χ2v) is 7.20. The minimum atomic E-state index is 0.660. The summed E-state index contributed by atoms with van der Waals surface area (Å²) in [4.78, 5) is 8.90. The second-order valence-electron chi connectivity index (χ2n) is 7.20. The minimum absolute atomic E-state index is 0.660. The van der Waals surface area contributed by atoms with Crippen molar-refractivity contribution in [1.82, 2.24) is 15.1 Å². The number of nitrogens with one attached hydrogen (secondary N) is 2. The summed E-state index contributed by atoms with van der Waals surface area (Å²) in [5.74, 6) is 3.48. The van der Waals surface area contributed by atoms with Gasteiger partial charge < -0.3 is 4.90 Å². The van der Waals surface area contributed by atoms with Gasteiger partial charge >= 0.3 is 0 Å². The topological polar surface area (TPSA) is 62.2 Å². The molecule has 2 aromatic rings. The molecule has 1 radical (unpaired) electrons. The lowest BCUT2D eigenvalue weighted by Gasteiger charge is -2.27. The lowest BCUT2D eigenvalue weighted by Crippen LogP contribution is -2.45. The van der Waals surface area contributed by atoms with Crippen molar-refractivity contribution in [3.05, 3.63) is 65.5 Å². The first-order chi connectivity index (χ1) is 12.7. The number of amidine groups is 1. The molecule has 3 heterocycles. The van der Waals surface area contributed by atoms with Crippen molar-refractivity contribution in [3.8, 4) is 0 Å². The SMILES string of the molecule is Cc1cccc(C)c1N1C=C(Nc2cc(C3CC3)[nH]n2)[N+]2C=CN=C2C1. The van der Waals surface area contributed by atoms with Gasteiger partial charge in [0.25, 0.3) is 11.7 Å². The molecule has 2 N–H and O–H groups in total. The van der Waals surface area contributed by atoms with Gasteiger partial charge in [-0.3, -0.25) is 10.4 Å². The number of fused-ring (bicyclic) bond motifs is 1. The predicted molar refractivity (Wildman–Crippen MR) is 104 cm³/mol. The van der Waals surface area contributed by atoms with E-state index in [1.54, 1.807) is 0 Å². The molecule has 0 saturated heterocycles. The average Bonchev–Trinajstić information content (AvgIpc) is 3.17. The number of H-pyrrole nitrogens is 1. The highest BCUT2D eigenvalue weighted by Gasteiger charge is 2.38. The molecule has 1 aromatic heterocycles. The van der Waals surface area contributed by atoms with Crippen molar-refractivity contribution >= 4 is 17.3 Å². The molecule has 1 fully saturated rings. The number of hydrogen-bond donors (Lipinski definition) is 2. The molecular formula is C20H22N6+. The Morgan fingerprint density at radius 1 is 1.23 bits per heavy atom. The van der Waals surface area contributed by atoms with E-state index in [2.05, 4.69) is 74.6 Å². The number of nitrogens with zero attached hydrogens (tertiary/aromatic N) is 4. The molecule has 0 amide bonds. The molecule has 0 bridgehead atoms. The molecule has 2 aliphatic heterocycles. The molecule has 1 saturated carbocycles. The third-order valence-electron chi connectivity index (χ3n) is 5.16. The van der Waals surface area contributed by atoms with Crippen LogP contribution in [0.1, 0.15) is 35.6 Å². The van der Waals surface area contributed by atoms with Crippen LogP contribution in [0.2, 0.25) is 0 Å². The Kier molecular flexibility index (Phi) is 3.46. The lowest BCUT2D eigenvalue weighted by molar-refractivity contribution is 0.812. The van der Waals surface area contributed by atoms with Crippen LogP contribution in [0.25, 0.3) is 0 Å². The normalized spacial score (nSPS) is 19.4. The standard InChI is InChI=1S/C20H22N6/c1-13-4-3-5-14(2)20(13)25-11-18-21-8-9-26(18)19(12-25)22-17-10-16(23-24-17)15-6-7-15/h3-5,8-10,12,15H,6-7,11H2,1-2H3,(H2,22,23,24)/q+1. The van der Waals surface area contributed by atoms with E-state index in [1.807, 2.05) is 12.4 Å². The number of aromatic nitrogens is 2. The summed E-state index contributed by atoms with van der Waals surface area (Å²) in [6, 6.07) is 8.53. The van der Waals surface area contributed by atoms with Gasteiger partial charge in [-0.1, -0.05) is 18.2 Å². The first-order valence-electron chi connectivity index (χ1n) is 9.08. The van der Waals surface area contributed by atoms with E-state index in [4.69, 9.17) is 0 Å². The highest BCUT2D eigenvalue weighted by Crippen LogP contribution is 2.39. The Labute approximate surface area is 152 Å². The van der Waals surface area contributed by atoms with Crippen LogP contribution < -0.4 is 15.1 Å². The van der Waals surface area contributed by atoms with E-state index in [0.29, 0.717) is 5.92 Å². The van der Waals surface area contributed by atoms with Crippen molar-refractivity contribution in [2.45, 2.75) is 32.6 Å². The van der Waals surface area contributed by atoms with Crippen LogP contribution in [0.4, 0.5) is 11.5 Å². The molecule has 6 heteroatoms. The summed E-state index contributed by atoms with van der Waals surface area (Å²) in [5.41, 5.74) is 4.98. The summed E-state index contributed by atoms with van der Waals surface area (Å²) in [5, 5.41) is 11.1. The number of para-hydroxylation sites is 1. The summed E-state index contributed by atoms with van der Waals surface area (Å²) in [6.45, 7) is 5.05. The van der Waals surface area contributed by atoms with Gasteiger partial charge in [0.05, 0.1) is 12.4 Å². The minimum Gasteiger partial charge on any atom is -0.329 e. The fourth-order valence-electron chi connectivity index (χ4n) is 3.71. The second kappa shape index (κ2) is 5.85. The zero-order valence-electron chi connectivity index (χ0n) is 15.0. The van der Waals surface area contributed by atoms with Gasteiger partial charge in [-0.15, -0.1) is 0 Å². The first kappa shape index (κ1) is 15.4. The molecule has 0 unspecified atom stereocenters. The van der Waals surface area contributed by atoms with Gasteiger partial charge in [-0.2, -0.15) is 10.1 Å². The fraction of sp³-hybridized carbons (Fsp3) is 0.300. The van der Waals surface area contributed by atoms with E-state index < -0.39 is 0 Å². The number of aliphatic imine (C=N–C) groups is 1. The summed E-state index contributed by atoms with van der Waals surface area (Å²) in [7, 11) is 0. The first-order valence-corrected chi connectivity index (χ1v) is 9.08. The van der Waals surface area contributed by atoms with Gasteiger partial charge in [-0.25, -0.2) is 0 Å². The summed E-state index contributed by atoms with van der Waals surface area (Å²) in [6.07, 6.45) is 8.51. The third-order valence-corrected chi connectivity index (χ3v) is 5.16. The smallest absolute Gasteiger partial charge is 0.284 e. The Balaban J connectivity index is 1.49. The molecule has 131 valence electrons. The van der Waals surface area contributed by atoms with Crippen molar-refractivity contribution in [3.63, 3.8) is 0 Å². The Morgan fingerprint density at radius 3 is 2.81 bits per heavy atom. The molecule has 6 nitrogen and oxygen atoms in total. The molecule has 1 aliphatic carbocycles. The molecule has 5 rings (SSSR count). The Bertz CT molecular complexity index is 927. The van der Waals surface area contributed by atoms with Crippen molar-refractivity contribution in [2.75, 3.05) is 16.8 Å². The largest absolute Gasteiger partial charge is 0.329 e. The van der Waals surface area contributed by atoms with E-state index in [9.17, 15) is 0 Å². The van der Waals surface area contributed by atoms with Crippen molar-refractivity contribution < 1.29 is 0 Å². The quantitative estimate of drug-likeness (QED) is 0.831. The van der Waals surface area contributed by atoms with E-state index in [1.165, 1.54) is 35.3 Å². The zero-order valence-corrected chi connectivity index (χ0v) is 15.0. The van der Waals surface area contributed by atoms with Crippen LogP contribution in [0.5, 0.6) is 0 Å². The number of aryl methyl sites for hydroxylation is 2. The van der Waals surface area contributed by atoms with Crippen LogP contribution in [0.3, 0.4) is 0 Å². The number of aromatic amines is 1. The highest BCUT2D eigenvalue weighted by molar-refractivity contribution is 5.96. The van der Waals surface area contributed by atoms with Gasteiger partial charge in [0, 0.05) is 23.4 Å². The number of hydrogen-bond acceptors (Lipinski definition) is 5. The predicted octanol–water partition coefficient (Wildman–Crippen LogP) is 3.66. The Hall–Kier alpha value is -2.86. The summed E-state index contributed by atoms with van der Waals surface area (Å²) >= 11 is 0. The fourth-order valence-corrected chi connectivity index (χ4v) is 3.71. The van der Waals surface area contributed by atoms with Gasteiger partial charge in [0.1, 0.15) is 6.54 Å². The molecule has 26 heavy (non-hydrogen) atoms.